The topological polar surface area (TPSA) is 31.4 Å². The second-order valence-electron chi connectivity index (χ2n) is 10.3. The standard InChI is InChI=1S/C28H26F3NO2/c1-27(2)23-12-24(29)17(14-33-25-11-16-8-15-9-19(15)21(16)13-32-25)10-20(23)26(34-27)18-6-4-5-7-22(18)28(3,30)31/h4-7,10-13,15,19,26H,8-9,14H2,1-3H3. The first-order valence-corrected chi connectivity index (χ1v) is 11.7. The molecule has 1 fully saturated rings. The average Bonchev–Trinajstić information content (AvgIpc) is 3.38. The van der Waals surface area contributed by atoms with Crippen molar-refractivity contribution in [1.29, 1.82) is 0 Å². The molecule has 2 aromatic carbocycles. The normalized spacial score (nSPS) is 23.9. The Morgan fingerprint density at radius 1 is 1.12 bits per heavy atom. The van der Waals surface area contributed by atoms with Gasteiger partial charge in [0.1, 0.15) is 18.5 Å². The van der Waals surface area contributed by atoms with Gasteiger partial charge in [-0.15, -0.1) is 0 Å². The number of halogens is 3. The zero-order valence-electron chi connectivity index (χ0n) is 19.4. The van der Waals surface area contributed by atoms with Crippen molar-refractivity contribution in [3.8, 4) is 5.88 Å². The summed E-state index contributed by atoms with van der Waals surface area (Å²) in [7, 11) is 0. The first-order chi connectivity index (χ1) is 16.1. The van der Waals surface area contributed by atoms with E-state index in [0.717, 1.165) is 19.3 Å². The molecule has 3 unspecified atom stereocenters. The van der Waals surface area contributed by atoms with Gasteiger partial charge in [-0.05, 0) is 78.5 Å². The van der Waals surface area contributed by atoms with Crippen LogP contribution in [-0.4, -0.2) is 4.98 Å². The summed E-state index contributed by atoms with van der Waals surface area (Å²) in [5.74, 6) is -1.56. The van der Waals surface area contributed by atoms with E-state index in [4.69, 9.17) is 9.47 Å². The van der Waals surface area contributed by atoms with Crippen molar-refractivity contribution in [1.82, 2.24) is 4.98 Å². The van der Waals surface area contributed by atoms with Gasteiger partial charge in [0.25, 0.3) is 5.92 Å². The Morgan fingerprint density at radius 2 is 1.91 bits per heavy atom. The molecule has 34 heavy (non-hydrogen) atoms. The molecule has 6 rings (SSSR count). The maximum Gasteiger partial charge on any atom is 0.270 e. The van der Waals surface area contributed by atoms with Crippen molar-refractivity contribution in [2.75, 3.05) is 0 Å². The minimum atomic E-state index is -3.03. The Balaban J connectivity index is 1.32. The van der Waals surface area contributed by atoms with E-state index >= 15 is 4.39 Å². The Kier molecular flexibility index (Phi) is 4.66. The third-order valence-electron chi connectivity index (χ3n) is 7.46. The lowest BCUT2D eigenvalue weighted by molar-refractivity contribution is -0.0390. The fraction of sp³-hybridized carbons (Fsp3) is 0.393. The molecule has 3 atom stereocenters. The van der Waals surface area contributed by atoms with E-state index in [0.29, 0.717) is 34.1 Å². The smallest absolute Gasteiger partial charge is 0.270 e. The molecule has 3 nitrogen and oxygen atoms in total. The van der Waals surface area contributed by atoms with Crippen LogP contribution in [0.2, 0.25) is 0 Å². The van der Waals surface area contributed by atoms with Gasteiger partial charge in [0.05, 0.1) is 5.60 Å². The molecular formula is C28H26F3NO2. The molecule has 176 valence electrons. The number of rotatable bonds is 5. The van der Waals surface area contributed by atoms with E-state index < -0.39 is 23.4 Å². The summed E-state index contributed by atoms with van der Waals surface area (Å²) in [6.07, 6.45) is 3.47. The van der Waals surface area contributed by atoms with Crippen molar-refractivity contribution < 1.29 is 22.6 Å². The number of nitrogens with zero attached hydrogens (tertiary/aromatic N) is 1. The van der Waals surface area contributed by atoms with Crippen LogP contribution < -0.4 is 4.74 Å². The number of aromatic nitrogens is 1. The van der Waals surface area contributed by atoms with Gasteiger partial charge in [-0.1, -0.05) is 24.3 Å². The van der Waals surface area contributed by atoms with Crippen molar-refractivity contribution in [2.24, 2.45) is 5.92 Å². The summed E-state index contributed by atoms with van der Waals surface area (Å²) in [5.41, 5.74) is 3.74. The minimum Gasteiger partial charge on any atom is -0.473 e. The number of ether oxygens (including phenoxy) is 2. The highest BCUT2D eigenvalue weighted by Crippen LogP contribution is 2.56. The van der Waals surface area contributed by atoms with E-state index in [9.17, 15) is 8.78 Å². The van der Waals surface area contributed by atoms with Gasteiger partial charge in [0.15, 0.2) is 0 Å². The van der Waals surface area contributed by atoms with Crippen molar-refractivity contribution in [3.05, 3.63) is 93.4 Å². The number of alkyl halides is 2. The molecule has 6 heteroatoms. The molecule has 1 saturated carbocycles. The number of fused-ring (bicyclic) bond motifs is 4. The minimum absolute atomic E-state index is 0.00348. The maximum atomic E-state index is 15.1. The molecule has 0 radical (unpaired) electrons. The van der Waals surface area contributed by atoms with Crippen LogP contribution in [0.3, 0.4) is 0 Å². The highest BCUT2D eigenvalue weighted by atomic mass is 19.3. The van der Waals surface area contributed by atoms with Gasteiger partial charge in [-0.25, -0.2) is 18.2 Å². The first kappa shape index (κ1) is 21.7. The molecule has 3 aliphatic rings. The van der Waals surface area contributed by atoms with Gasteiger partial charge in [-0.3, -0.25) is 0 Å². The second-order valence-corrected chi connectivity index (χ2v) is 10.3. The molecule has 0 amide bonds. The predicted octanol–water partition coefficient (Wildman–Crippen LogP) is 6.93. The van der Waals surface area contributed by atoms with Crippen LogP contribution in [-0.2, 0) is 29.3 Å². The SMILES string of the molecule is CC(F)(F)c1ccccc1C1OC(C)(C)c2cc(F)c(COc3cc4c(cn3)C3CC3C4)cc21. The summed E-state index contributed by atoms with van der Waals surface area (Å²) in [6, 6.07) is 11.5. The summed E-state index contributed by atoms with van der Waals surface area (Å²) in [5, 5.41) is 0. The molecule has 3 aromatic rings. The third kappa shape index (κ3) is 3.50. The van der Waals surface area contributed by atoms with Crippen LogP contribution in [0.5, 0.6) is 5.88 Å². The summed E-state index contributed by atoms with van der Waals surface area (Å²) >= 11 is 0. The molecule has 0 saturated heterocycles. The summed E-state index contributed by atoms with van der Waals surface area (Å²) in [4.78, 5) is 4.42. The van der Waals surface area contributed by atoms with Crippen LogP contribution in [0.4, 0.5) is 13.2 Å². The molecule has 2 aliphatic carbocycles. The highest BCUT2D eigenvalue weighted by Gasteiger charge is 2.45. The molecule has 1 aliphatic heterocycles. The predicted molar refractivity (Wildman–Crippen MR) is 121 cm³/mol. The summed E-state index contributed by atoms with van der Waals surface area (Å²) in [6.45, 7) is 4.53. The Morgan fingerprint density at radius 3 is 2.71 bits per heavy atom. The van der Waals surface area contributed by atoms with Crippen LogP contribution in [0.15, 0.2) is 48.7 Å². The van der Waals surface area contributed by atoms with Gasteiger partial charge < -0.3 is 9.47 Å². The fourth-order valence-corrected chi connectivity index (χ4v) is 5.63. The van der Waals surface area contributed by atoms with Gasteiger partial charge in [0.2, 0.25) is 5.88 Å². The average molecular weight is 466 g/mol. The summed E-state index contributed by atoms with van der Waals surface area (Å²) < 4.78 is 55.9. The van der Waals surface area contributed by atoms with E-state index in [2.05, 4.69) is 4.98 Å². The molecule has 0 bridgehead atoms. The monoisotopic (exact) mass is 465 g/mol. The number of hydrogen-bond acceptors (Lipinski definition) is 3. The third-order valence-corrected chi connectivity index (χ3v) is 7.46. The van der Waals surface area contributed by atoms with Crippen LogP contribution in [0.1, 0.15) is 78.2 Å². The lowest BCUT2D eigenvalue weighted by atomic mass is 9.89. The number of benzene rings is 2. The Labute approximate surface area is 196 Å². The van der Waals surface area contributed by atoms with Gasteiger partial charge in [-0.2, -0.15) is 0 Å². The van der Waals surface area contributed by atoms with Crippen molar-refractivity contribution >= 4 is 0 Å². The zero-order valence-corrected chi connectivity index (χ0v) is 19.4. The van der Waals surface area contributed by atoms with Crippen LogP contribution >= 0.6 is 0 Å². The van der Waals surface area contributed by atoms with Crippen molar-refractivity contribution in [2.45, 2.75) is 63.8 Å². The number of pyridine rings is 1. The Hall–Kier alpha value is -2.86. The largest absolute Gasteiger partial charge is 0.473 e. The van der Waals surface area contributed by atoms with Crippen LogP contribution in [0, 0.1) is 11.7 Å². The first-order valence-electron chi connectivity index (χ1n) is 11.7. The maximum absolute atomic E-state index is 15.1. The zero-order chi connectivity index (χ0) is 23.8. The number of hydrogen-bond donors (Lipinski definition) is 0. The highest BCUT2D eigenvalue weighted by molar-refractivity contribution is 5.48. The Bertz CT molecular complexity index is 1300. The molecule has 0 N–H and O–H groups in total. The molecule has 0 spiro atoms. The molecule has 2 heterocycles. The fourth-order valence-electron chi connectivity index (χ4n) is 5.63. The van der Waals surface area contributed by atoms with Gasteiger partial charge >= 0.3 is 0 Å². The van der Waals surface area contributed by atoms with Gasteiger partial charge in [0, 0.05) is 30.3 Å². The van der Waals surface area contributed by atoms with E-state index in [1.54, 1.807) is 24.3 Å². The van der Waals surface area contributed by atoms with Crippen molar-refractivity contribution in [3.63, 3.8) is 0 Å². The molecular weight excluding hydrogens is 439 g/mol. The van der Waals surface area contributed by atoms with Crippen LogP contribution in [0.25, 0.3) is 0 Å². The van der Waals surface area contributed by atoms with E-state index in [-0.39, 0.29) is 12.2 Å². The lowest BCUT2D eigenvalue weighted by Gasteiger charge is -2.23. The van der Waals surface area contributed by atoms with E-state index in [1.807, 2.05) is 26.1 Å². The second kappa shape index (κ2) is 7.32. The van der Waals surface area contributed by atoms with E-state index in [1.165, 1.54) is 29.7 Å². The quantitative estimate of drug-likeness (QED) is 0.410. The molecule has 1 aromatic heterocycles. The lowest BCUT2D eigenvalue weighted by Crippen LogP contribution is -2.18.